The van der Waals surface area contributed by atoms with Crippen LogP contribution >= 0.6 is 12.4 Å². The zero-order chi connectivity index (χ0) is 18.5. The lowest BCUT2D eigenvalue weighted by atomic mass is 10.1. The van der Waals surface area contributed by atoms with Crippen LogP contribution in [0.2, 0.25) is 0 Å². The molecule has 2 bridgehead atoms. The molecule has 1 aliphatic carbocycles. The zero-order valence-corrected chi connectivity index (χ0v) is 17.5. The molecule has 2 aromatic rings. The number of benzene rings is 1. The standard InChI is InChI=1S/C22H28N4O.ClH/c1-14-6-9-19(15(2)12-14)26-20-5-3-4-18(20)21(24-26)22(27)25-16-7-8-17(25)13-23-11-10-16;/h6,9,12,16-17,23H,3-5,7-8,10-11,13H2,1-2H3;1H. The molecule has 150 valence electrons. The van der Waals surface area contributed by atoms with Crippen LogP contribution in [0.5, 0.6) is 0 Å². The molecule has 1 aromatic carbocycles. The molecule has 1 N–H and O–H groups in total. The average Bonchev–Trinajstić information content (AvgIpc) is 3.28. The van der Waals surface area contributed by atoms with E-state index in [1.165, 1.54) is 22.4 Å². The summed E-state index contributed by atoms with van der Waals surface area (Å²) in [5, 5.41) is 8.39. The maximum absolute atomic E-state index is 13.6. The first-order chi connectivity index (χ1) is 13.1. The number of hydrogen-bond acceptors (Lipinski definition) is 3. The molecule has 5 nitrogen and oxygen atoms in total. The van der Waals surface area contributed by atoms with Crippen molar-refractivity contribution in [3.05, 3.63) is 46.3 Å². The summed E-state index contributed by atoms with van der Waals surface area (Å²) in [6.07, 6.45) is 6.41. The monoisotopic (exact) mass is 400 g/mol. The minimum absolute atomic E-state index is 0. The predicted molar refractivity (Wildman–Crippen MR) is 113 cm³/mol. The Kier molecular flexibility index (Phi) is 5.23. The highest BCUT2D eigenvalue weighted by molar-refractivity contribution is 5.95. The summed E-state index contributed by atoms with van der Waals surface area (Å²) in [5.41, 5.74) is 6.72. The Morgan fingerprint density at radius 2 is 1.96 bits per heavy atom. The molecule has 2 unspecified atom stereocenters. The van der Waals surface area contributed by atoms with Gasteiger partial charge in [0.1, 0.15) is 0 Å². The fraction of sp³-hybridized carbons (Fsp3) is 0.545. The number of nitrogens with zero attached hydrogens (tertiary/aromatic N) is 3. The van der Waals surface area contributed by atoms with Crippen LogP contribution in [0.15, 0.2) is 18.2 Å². The SMILES string of the molecule is Cc1ccc(-n2nc(C(=O)N3C4CCNCC3CC4)c3c2CCC3)c(C)c1.Cl. The van der Waals surface area contributed by atoms with Crippen LogP contribution in [0.25, 0.3) is 5.69 Å². The van der Waals surface area contributed by atoms with Crippen LogP contribution < -0.4 is 5.32 Å². The van der Waals surface area contributed by atoms with Crippen molar-refractivity contribution in [2.45, 2.75) is 64.5 Å². The molecule has 2 fully saturated rings. The molecule has 0 saturated carbocycles. The number of amides is 1. The minimum Gasteiger partial charge on any atom is -0.330 e. The molecular formula is C22H29ClN4O. The summed E-state index contributed by atoms with van der Waals surface area (Å²) in [7, 11) is 0. The fourth-order valence-corrected chi connectivity index (χ4v) is 5.29. The van der Waals surface area contributed by atoms with E-state index in [1.54, 1.807) is 0 Å². The normalized spacial score (nSPS) is 23.3. The first kappa shape index (κ1) is 19.5. The number of carbonyl (C=O) groups is 1. The van der Waals surface area contributed by atoms with E-state index >= 15 is 0 Å². The molecule has 0 spiro atoms. The van der Waals surface area contributed by atoms with Crippen molar-refractivity contribution in [1.82, 2.24) is 20.0 Å². The van der Waals surface area contributed by atoms with Gasteiger partial charge in [-0.15, -0.1) is 12.4 Å². The van der Waals surface area contributed by atoms with Crippen LogP contribution in [-0.4, -0.2) is 45.8 Å². The van der Waals surface area contributed by atoms with Gasteiger partial charge in [0.25, 0.3) is 5.91 Å². The lowest BCUT2D eigenvalue weighted by molar-refractivity contribution is 0.0672. The van der Waals surface area contributed by atoms with Gasteiger partial charge in [-0.05, 0) is 70.5 Å². The van der Waals surface area contributed by atoms with Crippen molar-refractivity contribution in [3.8, 4) is 5.69 Å². The van der Waals surface area contributed by atoms with Gasteiger partial charge in [0.05, 0.1) is 5.69 Å². The quantitative estimate of drug-likeness (QED) is 0.840. The summed E-state index contributed by atoms with van der Waals surface area (Å²) in [4.78, 5) is 15.7. The molecule has 28 heavy (non-hydrogen) atoms. The number of aromatic nitrogens is 2. The fourth-order valence-electron chi connectivity index (χ4n) is 5.29. The van der Waals surface area contributed by atoms with Crippen molar-refractivity contribution < 1.29 is 4.79 Å². The van der Waals surface area contributed by atoms with Gasteiger partial charge in [0.15, 0.2) is 5.69 Å². The van der Waals surface area contributed by atoms with E-state index in [2.05, 4.69) is 46.9 Å². The van der Waals surface area contributed by atoms with Gasteiger partial charge in [-0.2, -0.15) is 5.10 Å². The van der Waals surface area contributed by atoms with Crippen molar-refractivity contribution in [2.75, 3.05) is 13.1 Å². The second-order valence-corrected chi connectivity index (χ2v) is 8.42. The second-order valence-electron chi connectivity index (χ2n) is 8.42. The van der Waals surface area contributed by atoms with Gasteiger partial charge in [-0.25, -0.2) is 4.68 Å². The van der Waals surface area contributed by atoms with Crippen molar-refractivity contribution in [2.24, 2.45) is 0 Å². The zero-order valence-electron chi connectivity index (χ0n) is 16.7. The third kappa shape index (κ3) is 3.05. The van der Waals surface area contributed by atoms with E-state index in [0.717, 1.165) is 57.3 Å². The molecule has 1 amide bonds. The van der Waals surface area contributed by atoms with Gasteiger partial charge in [0.2, 0.25) is 0 Å². The Balaban J connectivity index is 0.00000192. The topological polar surface area (TPSA) is 50.2 Å². The van der Waals surface area contributed by atoms with Crippen LogP contribution in [0.1, 0.15) is 58.6 Å². The first-order valence-electron chi connectivity index (χ1n) is 10.4. The Morgan fingerprint density at radius 3 is 2.79 bits per heavy atom. The predicted octanol–water partition coefficient (Wildman–Crippen LogP) is 3.37. The molecule has 2 atom stereocenters. The highest BCUT2D eigenvalue weighted by atomic mass is 35.5. The van der Waals surface area contributed by atoms with E-state index in [1.807, 2.05) is 0 Å². The third-order valence-electron chi connectivity index (χ3n) is 6.60. The third-order valence-corrected chi connectivity index (χ3v) is 6.60. The Hall–Kier alpha value is -1.85. The number of carbonyl (C=O) groups excluding carboxylic acids is 1. The van der Waals surface area contributed by atoms with E-state index in [4.69, 9.17) is 5.10 Å². The highest BCUT2D eigenvalue weighted by Crippen LogP contribution is 2.34. The van der Waals surface area contributed by atoms with Crippen molar-refractivity contribution in [3.63, 3.8) is 0 Å². The van der Waals surface area contributed by atoms with E-state index < -0.39 is 0 Å². The molecule has 1 aromatic heterocycles. The van der Waals surface area contributed by atoms with Gasteiger partial charge < -0.3 is 10.2 Å². The van der Waals surface area contributed by atoms with Gasteiger partial charge in [-0.3, -0.25) is 4.79 Å². The number of fused-ring (bicyclic) bond motifs is 3. The van der Waals surface area contributed by atoms with Gasteiger partial charge in [-0.1, -0.05) is 17.7 Å². The number of halogens is 1. The molecule has 3 heterocycles. The largest absolute Gasteiger partial charge is 0.330 e. The summed E-state index contributed by atoms with van der Waals surface area (Å²) < 4.78 is 2.06. The van der Waals surface area contributed by atoms with E-state index in [0.29, 0.717) is 17.8 Å². The molecule has 6 heteroatoms. The van der Waals surface area contributed by atoms with Gasteiger partial charge in [0, 0.05) is 29.9 Å². The summed E-state index contributed by atoms with van der Waals surface area (Å²) in [5.74, 6) is 0.160. The Morgan fingerprint density at radius 1 is 1.14 bits per heavy atom. The lowest BCUT2D eigenvalue weighted by Crippen LogP contribution is -2.43. The van der Waals surface area contributed by atoms with Crippen LogP contribution in [0.4, 0.5) is 0 Å². The molecule has 2 saturated heterocycles. The second kappa shape index (κ2) is 7.53. The number of aryl methyl sites for hydroxylation is 2. The molecule has 3 aliphatic rings. The highest BCUT2D eigenvalue weighted by Gasteiger charge is 2.41. The molecular weight excluding hydrogens is 372 g/mol. The molecule has 5 rings (SSSR count). The van der Waals surface area contributed by atoms with Gasteiger partial charge >= 0.3 is 0 Å². The number of rotatable bonds is 2. The summed E-state index contributed by atoms with van der Waals surface area (Å²) in [6, 6.07) is 7.17. The van der Waals surface area contributed by atoms with Crippen molar-refractivity contribution in [1.29, 1.82) is 0 Å². The Labute approximate surface area is 172 Å². The molecule has 2 aliphatic heterocycles. The number of nitrogens with one attached hydrogen (secondary N) is 1. The van der Waals surface area contributed by atoms with Crippen molar-refractivity contribution >= 4 is 18.3 Å². The first-order valence-corrected chi connectivity index (χ1v) is 10.4. The van der Waals surface area contributed by atoms with Crippen LogP contribution in [0.3, 0.4) is 0 Å². The number of hydrogen-bond donors (Lipinski definition) is 1. The maximum Gasteiger partial charge on any atom is 0.275 e. The molecule has 0 radical (unpaired) electrons. The summed E-state index contributed by atoms with van der Waals surface area (Å²) in [6.45, 7) is 6.18. The van der Waals surface area contributed by atoms with Crippen LogP contribution in [-0.2, 0) is 12.8 Å². The maximum atomic E-state index is 13.6. The average molecular weight is 401 g/mol. The minimum atomic E-state index is 0. The lowest BCUT2D eigenvalue weighted by Gasteiger charge is -2.27. The Bertz CT molecular complexity index is 892. The van der Waals surface area contributed by atoms with E-state index in [-0.39, 0.29) is 18.3 Å². The van der Waals surface area contributed by atoms with E-state index in [9.17, 15) is 4.79 Å². The summed E-state index contributed by atoms with van der Waals surface area (Å²) >= 11 is 0. The van der Waals surface area contributed by atoms with Crippen LogP contribution in [0, 0.1) is 13.8 Å². The smallest absolute Gasteiger partial charge is 0.275 e.